The molecule has 0 unspecified atom stereocenters. The first-order chi connectivity index (χ1) is 14.0. The Balaban J connectivity index is 1.71. The van der Waals surface area contributed by atoms with E-state index in [4.69, 9.17) is 14.2 Å². The third-order valence-corrected chi connectivity index (χ3v) is 5.62. The van der Waals surface area contributed by atoms with E-state index in [-0.39, 0.29) is 0 Å². The first-order valence-electron chi connectivity index (χ1n) is 10.5. The molecule has 0 radical (unpaired) electrons. The van der Waals surface area contributed by atoms with Gasteiger partial charge in [-0.15, -0.1) is 0 Å². The second-order valence-electron chi connectivity index (χ2n) is 7.90. The zero-order valence-electron chi connectivity index (χ0n) is 17.4. The number of hydrogen-bond donors (Lipinski definition) is 0. The first kappa shape index (κ1) is 21.2. The van der Waals surface area contributed by atoms with E-state index in [1.54, 1.807) is 25.1 Å². The highest BCUT2D eigenvalue weighted by Crippen LogP contribution is 2.47. The molecule has 0 amide bonds. The van der Waals surface area contributed by atoms with E-state index in [9.17, 15) is 9.59 Å². The summed E-state index contributed by atoms with van der Waals surface area (Å²) in [5.74, 6) is 0.0611. The van der Waals surface area contributed by atoms with Crippen LogP contribution in [0.25, 0.3) is 6.08 Å². The van der Waals surface area contributed by atoms with Gasteiger partial charge in [0.25, 0.3) is 0 Å². The predicted octanol–water partition coefficient (Wildman–Crippen LogP) is 5.24. The number of allylic oxidation sites excluding steroid dienone is 1. The summed E-state index contributed by atoms with van der Waals surface area (Å²) in [5.41, 5.74) is 2.44. The van der Waals surface area contributed by atoms with Crippen LogP contribution in [0.4, 0.5) is 0 Å². The van der Waals surface area contributed by atoms with Crippen LogP contribution >= 0.6 is 0 Å². The molecule has 2 aliphatic carbocycles. The van der Waals surface area contributed by atoms with E-state index in [0.29, 0.717) is 30.1 Å². The van der Waals surface area contributed by atoms with Crippen LogP contribution in [-0.2, 0) is 14.3 Å². The quantitative estimate of drug-likeness (QED) is 0.272. The van der Waals surface area contributed by atoms with Gasteiger partial charge in [0.2, 0.25) is 0 Å². The summed E-state index contributed by atoms with van der Waals surface area (Å²) in [6, 6.07) is 5.30. The lowest BCUT2D eigenvalue weighted by Crippen LogP contribution is -2.19. The molecule has 0 saturated heterocycles. The molecule has 0 aromatic heterocycles. The standard InChI is InChI=1S/C24H30O5/c1-3-27-23(26)11-9-19-8-10-21(22(15-19)29-18(2)25)28-17-20-7-6-14-24(16-20)12-4-5-13-24/h8-11,15-16H,3-7,12-14,17H2,1-2H3. The van der Waals surface area contributed by atoms with Crippen LogP contribution in [-0.4, -0.2) is 25.2 Å². The molecule has 1 saturated carbocycles. The van der Waals surface area contributed by atoms with Gasteiger partial charge in [-0.1, -0.05) is 25.0 Å². The highest BCUT2D eigenvalue weighted by molar-refractivity contribution is 5.87. The van der Waals surface area contributed by atoms with Crippen molar-refractivity contribution in [3.8, 4) is 11.5 Å². The van der Waals surface area contributed by atoms with E-state index in [1.807, 2.05) is 6.07 Å². The molecule has 156 valence electrons. The lowest BCUT2D eigenvalue weighted by atomic mass is 9.75. The van der Waals surface area contributed by atoms with Gasteiger partial charge in [0.05, 0.1) is 6.61 Å². The number of ether oxygens (including phenoxy) is 3. The van der Waals surface area contributed by atoms with Crippen LogP contribution in [0.1, 0.15) is 64.4 Å². The number of carbonyl (C=O) groups is 2. The molecule has 1 aromatic carbocycles. The molecule has 5 heteroatoms. The molecule has 0 atom stereocenters. The Hall–Kier alpha value is -2.56. The van der Waals surface area contributed by atoms with Crippen LogP contribution in [0.2, 0.25) is 0 Å². The topological polar surface area (TPSA) is 61.8 Å². The second-order valence-corrected chi connectivity index (χ2v) is 7.90. The number of benzene rings is 1. The van der Waals surface area contributed by atoms with Gasteiger partial charge in [-0.05, 0) is 73.8 Å². The van der Waals surface area contributed by atoms with Crippen molar-refractivity contribution in [3.63, 3.8) is 0 Å². The molecule has 0 aliphatic heterocycles. The maximum Gasteiger partial charge on any atom is 0.330 e. The van der Waals surface area contributed by atoms with Crippen molar-refractivity contribution in [2.75, 3.05) is 13.2 Å². The van der Waals surface area contributed by atoms with E-state index in [1.165, 1.54) is 57.1 Å². The third kappa shape index (κ3) is 5.96. The number of esters is 2. The van der Waals surface area contributed by atoms with E-state index in [2.05, 4.69) is 6.08 Å². The van der Waals surface area contributed by atoms with Crippen molar-refractivity contribution >= 4 is 18.0 Å². The van der Waals surface area contributed by atoms with Gasteiger partial charge in [-0.3, -0.25) is 4.79 Å². The van der Waals surface area contributed by atoms with Crippen LogP contribution in [0.3, 0.4) is 0 Å². The Kier molecular flexibility index (Phi) is 7.13. The molecule has 0 bridgehead atoms. The molecule has 5 nitrogen and oxygen atoms in total. The summed E-state index contributed by atoms with van der Waals surface area (Å²) < 4.78 is 16.3. The van der Waals surface area contributed by atoms with E-state index in [0.717, 1.165) is 12.0 Å². The number of carbonyl (C=O) groups excluding carboxylic acids is 2. The lowest BCUT2D eigenvalue weighted by Gasteiger charge is -2.31. The summed E-state index contributed by atoms with van der Waals surface area (Å²) >= 11 is 0. The van der Waals surface area contributed by atoms with Crippen LogP contribution < -0.4 is 9.47 Å². The van der Waals surface area contributed by atoms with Gasteiger partial charge >= 0.3 is 11.9 Å². The zero-order chi connectivity index (χ0) is 20.7. The average molecular weight is 398 g/mol. The fraction of sp³-hybridized carbons (Fsp3) is 0.500. The van der Waals surface area contributed by atoms with Crippen molar-refractivity contribution < 1.29 is 23.8 Å². The molecule has 1 spiro atoms. The Morgan fingerprint density at radius 1 is 1.10 bits per heavy atom. The first-order valence-corrected chi connectivity index (χ1v) is 10.5. The molecule has 2 aliphatic rings. The minimum absolute atomic E-state index is 0.325. The Labute approximate surface area is 172 Å². The third-order valence-electron chi connectivity index (χ3n) is 5.62. The maximum absolute atomic E-state index is 11.5. The van der Waals surface area contributed by atoms with Crippen LogP contribution in [0.15, 0.2) is 35.9 Å². The summed E-state index contributed by atoms with van der Waals surface area (Å²) in [5, 5.41) is 0. The molecule has 1 fully saturated rings. The molecular formula is C24H30O5. The maximum atomic E-state index is 11.5. The lowest BCUT2D eigenvalue weighted by molar-refractivity contribution is -0.137. The molecule has 3 rings (SSSR count). The Morgan fingerprint density at radius 2 is 1.86 bits per heavy atom. The summed E-state index contributed by atoms with van der Waals surface area (Å²) in [4.78, 5) is 23.0. The van der Waals surface area contributed by atoms with Crippen molar-refractivity contribution in [3.05, 3.63) is 41.5 Å². The van der Waals surface area contributed by atoms with Crippen LogP contribution in [0, 0.1) is 5.41 Å². The SMILES string of the molecule is CCOC(=O)C=Cc1ccc(OCC2=CC3(CCCC3)CCC2)c(OC(C)=O)c1. The van der Waals surface area contributed by atoms with E-state index >= 15 is 0 Å². The minimum Gasteiger partial charge on any atom is -0.485 e. The minimum atomic E-state index is -0.414. The average Bonchev–Trinajstić information content (AvgIpc) is 3.13. The van der Waals surface area contributed by atoms with Crippen molar-refractivity contribution in [1.82, 2.24) is 0 Å². The predicted molar refractivity (Wildman–Crippen MR) is 112 cm³/mol. The monoisotopic (exact) mass is 398 g/mol. The number of hydrogen-bond acceptors (Lipinski definition) is 5. The van der Waals surface area contributed by atoms with Gasteiger partial charge in [-0.25, -0.2) is 4.79 Å². The fourth-order valence-corrected chi connectivity index (χ4v) is 4.34. The van der Waals surface area contributed by atoms with Gasteiger partial charge in [0.1, 0.15) is 6.61 Å². The van der Waals surface area contributed by atoms with Crippen molar-refractivity contribution in [2.24, 2.45) is 5.41 Å². The summed E-state index contributed by atoms with van der Waals surface area (Å²) in [6.07, 6.45) is 14.2. The van der Waals surface area contributed by atoms with Gasteiger partial charge in [0, 0.05) is 13.0 Å². The van der Waals surface area contributed by atoms with Gasteiger partial charge in [0.15, 0.2) is 11.5 Å². The van der Waals surface area contributed by atoms with Crippen molar-refractivity contribution in [1.29, 1.82) is 0 Å². The molecule has 0 heterocycles. The van der Waals surface area contributed by atoms with E-state index < -0.39 is 11.9 Å². The number of rotatable bonds is 7. The smallest absolute Gasteiger partial charge is 0.330 e. The second kappa shape index (κ2) is 9.77. The zero-order valence-corrected chi connectivity index (χ0v) is 17.4. The van der Waals surface area contributed by atoms with Gasteiger partial charge < -0.3 is 14.2 Å². The fourth-order valence-electron chi connectivity index (χ4n) is 4.34. The highest BCUT2D eigenvalue weighted by Gasteiger charge is 2.33. The Bertz CT molecular complexity index is 799. The Morgan fingerprint density at radius 3 is 2.59 bits per heavy atom. The van der Waals surface area contributed by atoms with Crippen LogP contribution in [0.5, 0.6) is 11.5 Å². The highest BCUT2D eigenvalue weighted by atomic mass is 16.6. The van der Waals surface area contributed by atoms with Gasteiger partial charge in [-0.2, -0.15) is 0 Å². The molecule has 0 N–H and O–H groups in total. The normalized spacial score (nSPS) is 17.9. The molecular weight excluding hydrogens is 368 g/mol. The molecule has 29 heavy (non-hydrogen) atoms. The molecule has 1 aromatic rings. The van der Waals surface area contributed by atoms with Crippen molar-refractivity contribution in [2.45, 2.75) is 58.8 Å². The largest absolute Gasteiger partial charge is 0.485 e. The summed E-state index contributed by atoms with van der Waals surface area (Å²) in [6.45, 7) is 3.95. The summed E-state index contributed by atoms with van der Waals surface area (Å²) in [7, 11) is 0.